The Bertz CT molecular complexity index is 1050. The van der Waals surface area contributed by atoms with E-state index >= 15 is 0 Å². The number of anilines is 1. The van der Waals surface area contributed by atoms with E-state index in [0.29, 0.717) is 6.04 Å². The zero-order valence-electron chi connectivity index (χ0n) is 20.5. The molecule has 2 aromatic heterocycles. The number of piperazine rings is 1. The zero-order valence-corrected chi connectivity index (χ0v) is 20.5. The molecule has 0 aliphatic carbocycles. The van der Waals surface area contributed by atoms with E-state index in [2.05, 4.69) is 48.6 Å². The Morgan fingerprint density at radius 2 is 1.73 bits per heavy atom. The summed E-state index contributed by atoms with van der Waals surface area (Å²) in [7, 11) is 2.17. The van der Waals surface area contributed by atoms with Crippen LogP contribution in [0.3, 0.4) is 0 Å². The van der Waals surface area contributed by atoms with Crippen LogP contribution in [0.25, 0.3) is 5.69 Å². The molecular weight excluding hydrogens is 417 g/mol. The highest BCUT2D eigenvalue weighted by molar-refractivity contribution is 5.56. The summed E-state index contributed by atoms with van der Waals surface area (Å²) in [6.45, 7) is 14.0. The molecule has 0 atom stereocenters. The second-order valence-corrected chi connectivity index (χ2v) is 9.29. The number of halogens is 1. The molecule has 1 aliphatic heterocycles. The lowest BCUT2D eigenvalue weighted by Gasteiger charge is -2.35. The van der Waals surface area contributed by atoms with Gasteiger partial charge in [0.05, 0.1) is 17.9 Å². The van der Waals surface area contributed by atoms with Crippen LogP contribution >= 0.6 is 0 Å². The molecule has 1 aliphatic rings. The molecule has 3 heterocycles. The Morgan fingerprint density at radius 3 is 2.30 bits per heavy atom. The lowest BCUT2D eigenvalue weighted by atomic mass is 10.1. The maximum Gasteiger partial charge on any atom is 0.137 e. The summed E-state index contributed by atoms with van der Waals surface area (Å²) in [5.74, 6) is 2.81. The number of benzene rings is 1. The van der Waals surface area contributed by atoms with E-state index in [4.69, 9.17) is 9.52 Å². The minimum atomic E-state index is -0.234. The first kappa shape index (κ1) is 23.5. The Hall–Kier alpha value is -2.64. The number of furan rings is 1. The minimum absolute atomic E-state index is 0.234. The molecule has 0 bridgehead atoms. The van der Waals surface area contributed by atoms with E-state index in [1.54, 1.807) is 0 Å². The lowest BCUT2D eigenvalue weighted by molar-refractivity contribution is 0.186. The van der Waals surface area contributed by atoms with Gasteiger partial charge in [-0.25, -0.2) is 9.07 Å². The second kappa shape index (κ2) is 10.1. The third-order valence-electron chi connectivity index (χ3n) is 6.49. The van der Waals surface area contributed by atoms with Gasteiger partial charge in [-0.15, -0.1) is 0 Å². The molecular formula is C26H36FN5O. The Kier molecular flexibility index (Phi) is 7.20. The first-order valence-electron chi connectivity index (χ1n) is 11.9. The van der Waals surface area contributed by atoms with Gasteiger partial charge in [0.25, 0.3) is 0 Å². The fourth-order valence-electron chi connectivity index (χ4n) is 4.43. The number of hydrogen-bond donors (Lipinski definition) is 0. The molecule has 7 heteroatoms. The van der Waals surface area contributed by atoms with E-state index in [9.17, 15) is 4.39 Å². The summed E-state index contributed by atoms with van der Waals surface area (Å²) in [4.78, 5) is 7.23. The van der Waals surface area contributed by atoms with Crippen molar-refractivity contribution < 1.29 is 8.81 Å². The van der Waals surface area contributed by atoms with Crippen molar-refractivity contribution in [1.82, 2.24) is 19.6 Å². The molecule has 0 saturated carbocycles. The molecule has 4 rings (SSSR count). The van der Waals surface area contributed by atoms with Crippen LogP contribution < -0.4 is 4.90 Å². The van der Waals surface area contributed by atoms with Crippen molar-refractivity contribution in [2.75, 3.05) is 38.1 Å². The average Bonchev–Trinajstić information content (AvgIpc) is 3.37. The van der Waals surface area contributed by atoms with Crippen molar-refractivity contribution in [2.24, 2.45) is 0 Å². The largest absolute Gasteiger partial charge is 0.465 e. The maximum atomic E-state index is 13.7. The van der Waals surface area contributed by atoms with Crippen LogP contribution in [0.2, 0.25) is 0 Å². The highest BCUT2D eigenvalue weighted by Gasteiger charge is 2.27. The SMILES string of the molecule is CCc1nn(-c2ccc(F)cc2)c(N2CCN(C)CC2)c1CN(Cc1ccc(C)o1)C(C)C. The first-order valence-corrected chi connectivity index (χ1v) is 11.9. The van der Waals surface area contributed by atoms with Crippen LogP contribution in [0, 0.1) is 12.7 Å². The van der Waals surface area contributed by atoms with Crippen molar-refractivity contribution in [1.29, 1.82) is 0 Å². The summed E-state index contributed by atoms with van der Waals surface area (Å²) >= 11 is 0. The normalized spacial score (nSPS) is 15.2. The number of aryl methyl sites for hydroxylation is 2. The maximum absolute atomic E-state index is 13.7. The van der Waals surface area contributed by atoms with Crippen LogP contribution in [0.5, 0.6) is 0 Å². The van der Waals surface area contributed by atoms with E-state index < -0.39 is 0 Å². The van der Waals surface area contributed by atoms with E-state index in [1.165, 1.54) is 17.7 Å². The smallest absolute Gasteiger partial charge is 0.137 e. The molecule has 33 heavy (non-hydrogen) atoms. The molecule has 0 N–H and O–H groups in total. The van der Waals surface area contributed by atoms with Crippen molar-refractivity contribution >= 4 is 5.82 Å². The summed E-state index contributed by atoms with van der Waals surface area (Å²) in [6.07, 6.45) is 0.843. The van der Waals surface area contributed by atoms with Crippen LogP contribution in [-0.4, -0.2) is 58.8 Å². The number of nitrogens with zero attached hydrogens (tertiary/aromatic N) is 5. The molecule has 1 aromatic carbocycles. The molecule has 0 spiro atoms. The van der Waals surface area contributed by atoms with Gasteiger partial charge in [-0.1, -0.05) is 6.92 Å². The molecule has 0 unspecified atom stereocenters. The lowest BCUT2D eigenvalue weighted by Crippen LogP contribution is -2.45. The van der Waals surface area contributed by atoms with Crippen molar-refractivity contribution in [3.8, 4) is 5.69 Å². The van der Waals surface area contributed by atoms with Gasteiger partial charge in [0.1, 0.15) is 23.2 Å². The number of likely N-dealkylation sites (N-methyl/N-ethyl adjacent to an activating group) is 1. The number of aromatic nitrogens is 2. The highest BCUT2D eigenvalue weighted by atomic mass is 19.1. The number of hydrogen-bond acceptors (Lipinski definition) is 5. The van der Waals surface area contributed by atoms with Crippen LogP contribution in [0.15, 0.2) is 40.8 Å². The standard InChI is InChI=1S/C26H36FN5O/c1-6-25-24(18-31(19(2)3)17-23-12-7-20(4)33-23)26(30-15-13-29(5)14-16-30)32(28-25)22-10-8-21(27)9-11-22/h7-12,19H,6,13-18H2,1-5H3. The summed E-state index contributed by atoms with van der Waals surface area (Å²) in [6, 6.07) is 11.1. The third kappa shape index (κ3) is 5.31. The molecule has 3 aromatic rings. The monoisotopic (exact) mass is 453 g/mol. The first-order chi connectivity index (χ1) is 15.9. The zero-order chi connectivity index (χ0) is 23.5. The predicted octanol–water partition coefficient (Wildman–Crippen LogP) is 4.64. The van der Waals surface area contributed by atoms with Gasteiger partial charge in [0.2, 0.25) is 0 Å². The van der Waals surface area contributed by atoms with Crippen molar-refractivity contribution in [3.63, 3.8) is 0 Å². The van der Waals surface area contributed by atoms with Crippen molar-refractivity contribution in [3.05, 3.63) is 65.0 Å². The molecule has 6 nitrogen and oxygen atoms in total. The van der Waals surface area contributed by atoms with E-state index in [0.717, 1.165) is 74.4 Å². The van der Waals surface area contributed by atoms with Gasteiger partial charge in [0, 0.05) is 44.3 Å². The van der Waals surface area contributed by atoms with Crippen LogP contribution in [0.4, 0.5) is 10.2 Å². The second-order valence-electron chi connectivity index (χ2n) is 9.29. The summed E-state index contributed by atoms with van der Waals surface area (Å²) in [5, 5.41) is 5.04. The van der Waals surface area contributed by atoms with Gasteiger partial charge in [0.15, 0.2) is 0 Å². The third-order valence-corrected chi connectivity index (χ3v) is 6.49. The average molecular weight is 454 g/mol. The van der Waals surface area contributed by atoms with Gasteiger partial charge in [-0.3, -0.25) is 4.90 Å². The Morgan fingerprint density at radius 1 is 1.03 bits per heavy atom. The molecule has 1 fully saturated rings. The molecule has 1 saturated heterocycles. The van der Waals surface area contributed by atoms with Gasteiger partial charge < -0.3 is 14.2 Å². The van der Waals surface area contributed by atoms with Gasteiger partial charge >= 0.3 is 0 Å². The molecule has 0 amide bonds. The molecule has 178 valence electrons. The van der Waals surface area contributed by atoms with E-state index in [-0.39, 0.29) is 5.82 Å². The minimum Gasteiger partial charge on any atom is -0.465 e. The summed E-state index contributed by atoms with van der Waals surface area (Å²) in [5.41, 5.74) is 3.24. The highest BCUT2D eigenvalue weighted by Crippen LogP contribution is 2.31. The Balaban J connectivity index is 1.75. The van der Waals surface area contributed by atoms with Crippen LogP contribution in [-0.2, 0) is 19.5 Å². The summed E-state index contributed by atoms with van der Waals surface area (Å²) < 4.78 is 21.6. The van der Waals surface area contributed by atoms with Gasteiger partial charge in [-0.05, 0) is 70.6 Å². The predicted molar refractivity (Wildman–Crippen MR) is 130 cm³/mol. The van der Waals surface area contributed by atoms with Gasteiger partial charge in [-0.2, -0.15) is 5.10 Å². The molecule has 0 radical (unpaired) electrons. The van der Waals surface area contributed by atoms with Crippen molar-refractivity contribution in [2.45, 2.75) is 53.2 Å². The number of rotatable bonds is 8. The topological polar surface area (TPSA) is 40.7 Å². The quantitative estimate of drug-likeness (QED) is 0.497. The fourth-order valence-corrected chi connectivity index (χ4v) is 4.43. The van der Waals surface area contributed by atoms with Crippen LogP contribution in [0.1, 0.15) is 43.5 Å². The van der Waals surface area contributed by atoms with E-state index in [1.807, 2.05) is 29.8 Å². The Labute approximate surface area is 196 Å². The fraction of sp³-hybridized carbons (Fsp3) is 0.500.